The largest absolute Gasteiger partial charge is 0.356 e. The van der Waals surface area contributed by atoms with Crippen LogP contribution in [0.2, 0.25) is 0 Å². The Kier molecular flexibility index (Phi) is 9.33. The average Bonchev–Trinajstić information content (AvgIpc) is 3.10. The maximum Gasteiger partial charge on any atom is 0.261 e. The molecule has 7 heteroatoms. The van der Waals surface area contributed by atoms with Gasteiger partial charge in [-0.2, -0.15) is 0 Å². The van der Waals surface area contributed by atoms with Crippen LogP contribution in [0.25, 0.3) is 0 Å². The minimum absolute atomic E-state index is 0. The molecule has 0 aliphatic heterocycles. The van der Waals surface area contributed by atoms with Crippen LogP contribution in [-0.4, -0.2) is 31.4 Å². The Balaban J connectivity index is 0.00000288. The zero-order valence-electron chi connectivity index (χ0n) is 14.0. The fourth-order valence-corrected chi connectivity index (χ4v) is 3.81. The molecule has 0 atom stereocenters. The predicted octanol–water partition coefficient (Wildman–Crippen LogP) is 2.71. The molecule has 2 rings (SSSR count). The molecule has 0 radical (unpaired) electrons. The minimum Gasteiger partial charge on any atom is -0.356 e. The Morgan fingerprint density at radius 1 is 1.17 bits per heavy atom. The molecule has 0 spiro atoms. The number of amides is 2. The van der Waals surface area contributed by atoms with Crippen molar-refractivity contribution in [2.24, 2.45) is 11.1 Å². The number of carbonyl (C=O) groups is 2. The number of hydrogen-bond acceptors (Lipinski definition) is 4. The highest BCUT2D eigenvalue weighted by molar-refractivity contribution is 7.12. The summed E-state index contributed by atoms with van der Waals surface area (Å²) in [6, 6.07) is 3.66. The third-order valence-electron chi connectivity index (χ3n) is 4.59. The van der Waals surface area contributed by atoms with Crippen molar-refractivity contribution in [2.45, 2.75) is 44.9 Å². The Morgan fingerprint density at radius 2 is 1.88 bits per heavy atom. The number of halogens is 1. The molecular weight excluding hydrogens is 346 g/mol. The molecule has 1 aliphatic carbocycles. The van der Waals surface area contributed by atoms with Gasteiger partial charge in [0.15, 0.2) is 0 Å². The van der Waals surface area contributed by atoms with E-state index in [1.807, 2.05) is 11.4 Å². The monoisotopic (exact) mass is 373 g/mol. The highest BCUT2D eigenvalue weighted by Gasteiger charge is 2.32. The first-order valence-electron chi connectivity index (χ1n) is 8.44. The second kappa shape index (κ2) is 10.7. The van der Waals surface area contributed by atoms with E-state index in [1.54, 1.807) is 6.07 Å². The molecule has 0 aromatic carbocycles. The third-order valence-corrected chi connectivity index (χ3v) is 5.46. The van der Waals surface area contributed by atoms with Gasteiger partial charge in [-0.1, -0.05) is 25.3 Å². The van der Waals surface area contributed by atoms with Gasteiger partial charge >= 0.3 is 0 Å². The number of hydrogen-bond donors (Lipinski definition) is 3. The maximum absolute atomic E-state index is 12.1. The van der Waals surface area contributed by atoms with Crippen molar-refractivity contribution in [3.05, 3.63) is 22.4 Å². The fraction of sp³-hybridized carbons (Fsp3) is 0.647. The van der Waals surface area contributed by atoms with Crippen LogP contribution in [0.4, 0.5) is 0 Å². The van der Waals surface area contributed by atoms with Crippen LogP contribution in [0.5, 0.6) is 0 Å². The standard InChI is InChI=1S/C17H27N3O2S.ClH/c18-13-17(7-2-1-3-8-17)12-15(21)19-9-5-10-20-16(22)14-6-4-11-23-14;/h4,6,11H,1-3,5,7-10,12-13,18H2,(H,19,21)(H,20,22);1H. The molecule has 1 saturated carbocycles. The van der Waals surface area contributed by atoms with Gasteiger partial charge in [-0.3, -0.25) is 9.59 Å². The number of carbonyl (C=O) groups excluding carboxylic acids is 2. The minimum atomic E-state index is -0.0457. The first-order valence-corrected chi connectivity index (χ1v) is 9.32. The molecule has 136 valence electrons. The van der Waals surface area contributed by atoms with E-state index in [1.165, 1.54) is 30.6 Å². The van der Waals surface area contributed by atoms with Gasteiger partial charge in [0.1, 0.15) is 0 Å². The molecule has 0 unspecified atom stereocenters. The van der Waals surface area contributed by atoms with E-state index >= 15 is 0 Å². The first kappa shape index (κ1) is 20.9. The van der Waals surface area contributed by atoms with Gasteiger partial charge in [0.2, 0.25) is 5.91 Å². The van der Waals surface area contributed by atoms with Crippen LogP contribution in [-0.2, 0) is 4.79 Å². The first-order chi connectivity index (χ1) is 11.2. The zero-order valence-corrected chi connectivity index (χ0v) is 15.6. The Bertz CT molecular complexity index is 502. The summed E-state index contributed by atoms with van der Waals surface area (Å²) >= 11 is 1.43. The van der Waals surface area contributed by atoms with E-state index in [4.69, 9.17) is 5.73 Å². The van der Waals surface area contributed by atoms with Gasteiger partial charge in [-0.15, -0.1) is 23.7 Å². The fourth-order valence-electron chi connectivity index (χ4n) is 3.17. The summed E-state index contributed by atoms with van der Waals surface area (Å²) < 4.78 is 0. The van der Waals surface area contributed by atoms with Crippen LogP contribution < -0.4 is 16.4 Å². The van der Waals surface area contributed by atoms with Crippen molar-refractivity contribution in [2.75, 3.05) is 19.6 Å². The summed E-state index contributed by atoms with van der Waals surface area (Å²) in [5.74, 6) is 0.0394. The summed E-state index contributed by atoms with van der Waals surface area (Å²) in [6.07, 6.45) is 7.01. The average molecular weight is 374 g/mol. The van der Waals surface area contributed by atoms with Crippen molar-refractivity contribution in [1.29, 1.82) is 0 Å². The summed E-state index contributed by atoms with van der Waals surface area (Å²) in [4.78, 5) is 24.6. The highest BCUT2D eigenvalue weighted by atomic mass is 35.5. The van der Waals surface area contributed by atoms with Gasteiger partial charge < -0.3 is 16.4 Å². The van der Waals surface area contributed by atoms with Gasteiger partial charge in [-0.05, 0) is 42.7 Å². The highest BCUT2D eigenvalue weighted by Crippen LogP contribution is 2.38. The normalized spacial score (nSPS) is 16.0. The molecule has 1 fully saturated rings. The van der Waals surface area contributed by atoms with Crippen molar-refractivity contribution in [3.63, 3.8) is 0 Å². The van der Waals surface area contributed by atoms with E-state index in [0.29, 0.717) is 26.1 Å². The van der Waals surface area contributed by atoms with Crippen molar-refractivity contribution < 1.29 is 9.59 Å². The SMILES string of the molecule is Cl.NCC1(CC(=O)NCCCNC(=O)c2cccs2)CCCCC1. The summed E-state index contributed by atoms with van der Waals surface area (Å²) in [6.45, 7) is 1.75. The van der Waals surface area contributed by atoms with Crippen molar-refractivity contribution >= 4 is 35.6 Å². The molecule has 1 heterocycles. The lowest BCUT2D eigenvalue weighted by Crippen LogP contribution is -2.39. The second-order valence-electron chi connectivity index (χ2n) is 6.38. The van der Waals surface area contributed by atoms with Crippen molar-refractivity contribution in [3.8, 4) is 0 Å². The lowest BCUT2D eigenvalue weighted by atomic mass is 9.71. The molecule has 1 aromatic heterocycles. The number of nitrogens with two attached hydrogens (primary N) is 1. The lowest BCUT2D eigenvalue weighted by molar-refractivity contribution is -0.123. The van der Waals surface area contributed by atoms with Crippen LogP contribution in [0.1, 0.15) is 54.6 Å². The summed E-state index contributed by atoms with van der Waals surface area (Å²) in [5, 5.41) is 7.70. The van der Waals surface area contributed by atoms with E-state index < -0.39 is 0 Å². The predicted molar refractivity (Wildman–Crippen MR) is 101 cm³/mol. The maximum atomic E-state index is 12.1. The smallest absolute Gasteiger partial charge is 0.261 e. The number of nitrogens with one attached hydrogen (secondary N) is 2. The Labute approximate surface area is 154 Å². The Hall–Kier alpha value is -1.11. The van der Waals surface area contributed by atoms with Gasteiger partial charge in [0.05, 0.1) is 4.88 Å². The molecular formula is C17H28ClN3O2S. The topological polar surface area (TPSA) is 84.2 Å². The molecule has 24 heavy (non-hydrogen) atoms. The number of thiophene rings is 1. The van der Waals surface area contributed by atoms with Crippen LogP contribution >= 0.6 is 23.7 Å². The van der Waals surface area contributed by atoms with E-state index in [2.05, 4.69) is 10.6 Å². The molecule has 1 aliphatic rings. The quantitative estimate of drug-likeness (QED) is 0.612. The van der Waals surface area contributed by atoms with Crippen molar-refractivity contribution in [1.82, 2.24) is 10.6 Å². The molecule has 0 bridgehead atoms. The zero-order chi connectivity index (χ0) is 16.5. The lowest BCUT2D eigenvalue weighted by Gasteiger charge is -2.35. The Morgan fingerprint density at radius 3 is 2.50 bits per heavy atom. The third kappa shape index (κ3) is 6.42. The van der Waals surface area contributed by atoms with E-state index in [9.17, 15) is 9.59 Å². The number of rotatable bonds is 8. The van der Waals surface area contributed by atoms with Gasteiger partial charge in [-0.25, -0.2) is 0 Å². The van der Waals surface area contributed by atoms with Crippen LogP contribution in [0, 0.1) is 5.41 Å². The van der Waals surface area contributed by atoms with E-state index in [0.717, 1.165) is 24.1 Å². The van der Waals surface area contributed by atoms with E-state index in [-0.39, 0.29) is 29.6 Å². The van der Waals surface area contributed by atoms with Crippen LogP contribution in [0.3, 0.4) is 0 Å². The van der Waals surface area contributed by atoms with Gasteiger partial charge in [0, 0.05) is 19.5 Å². The van der Waals surface area contributed by atoms with Gasteiger partial charge in [0.25, 0.3) is 5.91 Å². The van der Waals surface area contributed by atoms with Crippen LogP contribution in [0.15, 0.2) is 17.5 Å². The summed E-state index contributed by atoms with van der Waals surface area (Å²) in [5.41, 5.74) is 5.93. The molecule has 1 aromatic rings. The molecule has 2 amide bonds. The molecule has 0 saturated heterocycles. The molecule has 5 nitrogen and oxygen atoms in total. The molecule has 4 N–H and O–H groups in total. The summed E-state index contributed by atoms with van der Waals surface area (Å²) in [7, 11) is 0. The second-order valence-corrected chi connectivity index (χ2v) is 7.33.